The molecule has 6 nitrogen and oxygen atoms in total. The monoisotopic (exact) mass is 502 g/mol. The average Bonchev–Trinajstić information content (AvgIpc) is 3.15. The van der Waals surface area contributed by atoms with E-state index in [-0.39, 0.29) is 16.9 Å². The number of aliphatic hydroxyl groups excluding tert-OH is 1. The van der Waals surface area contributed by atoms with Gasteiger partial charge >= 0.3 is 0 Å². The molecular weight excluding hydrogens is 471 g/mol. The number of carbonyl (C=O) groups is 2. The number of anilines is 2. The van der Waals surface area contributed by atoms with Crippen molar-refractivity contribution in [2.24, 2.45) is 0 Å². The third-order valence-electron chi connectivity index (χ3n) is 6.81. The number of hydrogen-bond donors (Lipinski definition) is 1. The minimum Gasteiger partial charge on any atom is -0.507 e. The molecular formula is C30H31FN2O4. The fourth-order valence-electron chi connectivity index (χ4n) is 4.94. The number of ether oxygens (including phenoxy) is 1. The van der Waals surface area contributed by atoms with Crippen LogP contribution in [0.15, 0.2) is 66.2 Å². The van der Waals surface area contributed by atoms with E-state index in [9.17, 15) is 19.1 Å². The lowest BCUT2D eigenvalue weighted by atomic mass is 9.94. The zero-order valence-electron chi connectivity index (χ0n) is 21.7. The van der Waals surface area contributed by atoms with Gasteiger partial charge in [0.1, 0.15) is 17.3 Å². The van der Waals surface area contributed by atoms with Gasteiger partial charge in [-0.05, 0) is 75.2 Å². The summed E-state index contributed by atoms with van der Waals surface area (Å²) in [7, 11) is 1.39. The molecule has 1 unspecified atom stereocenters. The number of aryl methyl sites for hydroxylation is 2. The molecule has 0 aliphatic carbocycles. The zero-order chi connectivity index (χ0) is 26.9. The number of aliphatic hydroxyl groups is 1. The first-order chi connectivity index (χ1) is 17.7. The van der Waals surface area contributed by atoms with E-state index >= 15 is 0 Å². The predicted octanol–water partition coefficient (Wildman–Crippen LogP) is 5.92. The van der Waals surface area contributed by atoms with E-state index in [1.54, 1.807) is 6.07 Å². The number of halogens is 1. The first-order valence-corrected chi connectivity index (χ1v) is 12.3. The number of benzene rings is 3. The molecule has 1 amide bonds. The fraction of sp³-hybridized carbons (Fsp3) is 0.267. The Morgan fingerprint density at radius 3 is 2.27 bits per heavy atom. The van der Waals surface area contributed by atoms with Gasteiger partial charge < -0.3 is 14.7 Å². The second-order valence-corrected chi connectivity index (χ2v) is 9.07. The highest BCUT2D eigenvalue weighted by Gasteiger charge is 2.47. The lowest BCUT2D eigenvalue weighted by Crippen LogP contribution is -2.30. The van der Waals surface area contributed by atoms with E-state index in [2.05, 4.69) is 18.7 Å². The molecule has 7 heteroatoms. The van der Waals surface area contributed by atoms with Crippen LogP contribution >= 0.6 is 0 Å². The van der Waals surface area contributed by atoms with Crippen molar-refractivity contribution in [1.82, 2.24) is 0 Å². The highest BCUT2D eigenvalue weighted by atomic mass is 19.1. The fourth-order valence-corrected chi connectivity index (χ4v) is 4.94. The van der Waals surface area contributed by atoms with Crippen molar-refractivity contribution < 1.29 is 23.8 Å². The Labute approximate surface area is 216 Å². The molecule has 1 aliphatic heterocycles. The predicted molar refractivity (Wildman–Crippen MR) is 144 cm³/mol. The lowest BCUT2D eigenvalue weighted by Gasteiger charge is -2.28. The minimum atomic E-state index is -0.917. The van der Waals surface area contributed by atoms with Crippen molar-refractivity contribution in [2.75, 3.05) is 30.0 Å². The minimum absolute atomic E-state index is 0.00545. The van der Waals surface area contributed by atoms with Crippen molar-refractivity contribution in [3.8, 4) is 5.75 Å². The third kappa shape index (κ3) is 4.69. The highest BCUT2D eigenvalue weighted by Crippen LogP contribution is 2.44. The number of carbonyl (C=O) groups excluding carboxylic acids is 2. The molecule has 3 aromatic rings. The Kier molecular flexibility index (Phi) is 7.34. The van der Waals surface area contributed by atoms with Crippen LogP contribution in [0.1, 0.15) is 42.1 Å². The molecule has 1 saturated heterocycles. The van der Waals surface area contributed by atoms with Gasteiger partial charge in [-0.25, -0.2) is 4.39 Å². The zero-order valence-corrected chi connectivity index (χ0v) is 21.7. The molecule has 0 radical (unpaired) electrons. The summed E-state index contributed by atoms with van der Waals surface area (Å²) < 4.78 is 19.5. The molecule has 1 aliphatic rings. The van der Waals surface area contributed by atoms with Gasteiger partial charge in [0.15, 0.2) is 0 Å². The molecule has 0 bridgehead atoms. The van der Waals surface area contributed by atoms with Crippen molar-refractivity contribution in [2.45, 2.75) is 33.7 Å². The van der Waals surface area contributed by atoms with Gasteiger partial charge in [0, 0.05) is 24.5 Å². The summed E-state index contributed by atoms with van der Waals surface area (Å²) in [6.45, 7) is 9.62. The summed E-state index contributed by atoms with van der Waals surface area (Å²) in [5.41, 5.74) is 3.93. The SMILES string of the molecule is CCN(CC)c1ccc(C2/C(=C(\O)c3cc(F)ccc3OC)C(=O)C(=O)N2c2ccc(C)cc2C)cc1. The van der Waals surface area contributed by atoms with Crippen LogP contribution in [-0.2, 0) is 9.59 Å². The topological polar surface area (TPSA) is 70.1 Å². The Bertz CT molecular complexity index is 1380. The summed E-state index contributed by atoms with van der Waals surface area (Å²) in [4.78, 5) is 30.5. The van der Waals surface area contributed by atoms with E-state index in [1.807, 2.05) is 50.2 Å². The van der Waals surface area contributed by atoms with Gasteiger partial charge in [-0.1, -0.05) is 29.8 Å². The molecule has 0 saturated carbocycles. The van der Waals surface area contributed by atoms with Crippen LogP contribution in [0.5, 0.6) is 5.75 Å². The molecule has 1 N–H and O–H groups in total. The number of Topliss-reactive ketones (excluding diaryl/α,β-unsaturated/α-hetero) is 1. The Balaban J connectivity index is 1.96. The summed E-state index contributed by atoms with van der Waals surface area (Å²) in [6.07, 6.45) is 0. The van der Waals surface area contributed by atoms with Crippen LogP contribution in [0.2, 0.25) is 0 Å². The lowest BCUT2D eigenvalue weighted by molar-refractivity contribution is -0.132. The van der Waals surface area contributed by atoms with Gasteiger partial charge in [-0.2, -0.15) is 0 Å². The van der Waals surface area contributed by atoms with E-state index in [1.165, 1.54) is 24.1 Å². The quantitative estimate of drug-likeness (QED) is 0.247. The molecule has 3 aromatic carbocycles. The van der Waals surface area contributed by atoms with Gasteiger partial charge in [0.2, 0.25) is 0 Å². The van der Waals surface area contributed by atoms with E-state index in [0.29, 0.717) is 11.3 Å². The molecule has 0 aromatic heterocycles. The van der Waals surface area contributed by atoms with Crippen LogP contribution in [0.3, 0.4) is 0 Å². The standard InChI is InChI=1S/C30H31FN2O4/c1-6-32(7-2)22-12-9-20(10-13-22)27-26(28(34)23-17-21(31)11-15-25(23)37-5)29(35)30(36)33(27)24-14-8-18(3)16-19(24)4/h8-17,27,34H,6-7H2,1-5H3/b28-26+. The smallest absolute Gasteiger partial charge is 0.300 e. The van der Waals surface area contributed by atoms with Crippen LogP contribution in [0.4, 0.5) is 15.8 Å². The first kappa shape index (κ1) is 25.9. The maximum atomic E-state index is 14.2. The summed E-state index contributed by atoms with van der Waals surface area (Å²) >= 11 is 0. The summed E-state index contributed by atoms with van der Waals surface area (Å²) in [5.74, 6) is -2.51. The molecule has 1 atom stereocenters. The van der Waals surface area contributed by atoms with E-state index in [0.717, 1.165) is 36.0 Å². The molecule has 1 fully saturated rings. The number of amides is 1. The maximum Gasteiger partial charge on any atom is 0.300 e. The number of hydrogen-bond acceptors (Lipinski definition) is 5. The normalized spacial score (nSPS) is 16.8. The van der Waals surface area contributed by atoms with Crippen molar-refractivity contribution in [3.05, 3.63) is 94.3 Å². The van der Waals surface area contributed by atoms with Crippen LogP contribution in [0, 0.1) is 19.7 Å². The van der Waals surface area contributed by atoms with Crippen LogP contribution < -0.4 is 14.5 Å². The first-order valence-electron chi connectivity index (χ1n) is 12.3. The van der Waals surface area contributed by atoms with Crippen molar-refractivity contribution >= 4 is 28.8 Å². The molecule has 4 rings (SSSR count). The summed E-state index contributed by atoms with van der Waals surface area (Å²) in [5, 5.41) is 11.4. The second-order valence-electron chi connectivity index (χ2n) is 9.07. The summed E-state index contributed by atoms with van der Waals surface area (Å²) in [6, 6.07) is 16.0. The third-order valence-corrected chi connectivity index (χ3v) is 6.81. The molecule has 37 heavy (non-hydrogen) atoms. The van der Waals surface area contributed by atoms with Gasteiger partial charge in [-0.15, -0.1) is 0 Å². The van der Waals surface area contributed by atoms with E-state index < -0.39 is 29.3 Å². The number of rotatable bonds is 7. The van der Waals surface area contributed by atoms with E-state index in [4.69, 9.17) is 4.74 Å². The van der Waals surface area contributed by atoms with Crippen molar-refractivity contribution in [3.63, 3.8) is 0 Å². The number of methoxy groups -OCH3 is 1. The Hall–Kier alpha value is -4.13. The maximum absolute atomic E-state index is 14.2. The molecule has 192 valence electrons. The Morgan fingerprint density at radius 2 is 1.68 bits per heavy atom. The van der Waals surface area contributed by atoms with Gasteiger partial charge in [0.05, 0.1) is 24.3 Å². The van der Waals surface area contributed by atoms with Gasteiger partial charge in [-0.3, -0.25) is 14.5 Å². The average molecular weight is 503 g/mol. The molecule has 0 spiro atoms. The van der Waals surface area contributed by atoms with Crippen LogP contribution in [0.25, 0.3) is 5.76 Å². The Morgan fingerprint density at radius 1 is 1.00 bits per heavy atom. The molecule has 1 heterocycles. The second kappa shape index (κ2) is 10.5. The highest BCUT2D eigenvalue weighted by molar-refractivity contribution is 6.51. The van der Waals surface area contributed by atoms with Crippen LogP contribution in [-0.4, -0.2) is 37.0 Å². The number of ketones is 1. The van der Waals surface area contributed by atoms with Gasteiger partial charge in [0.25, 0.3) is 11.7 Å². The number of nitrogens with zero attached hydrogens (tertiary/aromatic N) is 2. The largest absolute Gasteiger partial charge is 0.507 e. The van der Waals surface area contributed by atoms with Crippen molar-refractivity contribution in [1.29, 1.82) is 0 Å².